The first-order valence-corrected chi connectivity index (χ1v) is 10.4. The van der Waals surface area contributed by atoms with Gasteiger partial charge in [0.15, 0.2) is 0 Å². The lowest BCUT2D eigenvalue weighted by Crippen LogP contribution is -2.16. The van der Waals surface area contributed by atoms with Crippen LogP contribution in [0.4, 0.5) is 13.2 Å². The molecule has 1 aliphatic rings. The number of hydrogen-bond acceptors (Lipinski definition) is 3. The Labute approximate surface area is 175 Å². The number of halogens is 3. The summed E-state index contributed by atoms with van der Waals surface area (Å²) >= 11 is 0. The molecule has 0 spiro atoms. The lowest BCUT2D eigenvalue weighted by Gasteiger charge is -2.28. The Bertz CT molecular complexity index is 834. The maximum Gasteiger partial charge on any atom is 0.573 e. The van der Waals surface area contributed by atoms with Crippen LogP contribution in [0.1, 0.15) is 68.1 Å². The van der Waals surface area contributed by atoms with Crippen LogP contribution in [0.3, 0.4) is 0 Å². The molecule has 0 heterocycles. The van der Waals surface area contributed by atoms with Gasteiger partial charge in [0, 0.05) is 0 Å². The first-order valence-electron chi connectivity index (χ1n) is 10.4. The average molecular weight is 416 g/mol. The molecular weight excluding hydrogens is 389 g/mol. The highest BCUT2D eigenvalue weighted by atomic mass is 19.4. The fourth-order valence-electron chi connectivity index (χ4n) is 4.00. The third-order valence-electron chi connectivity index (χ3n) is 5.55. The molecule has 30 heavy (non-hydrogen) atoms. The normalized spacial score (nSPS) is 20.1. The van der Waals surface area contributed by atoms with Gasteiger partial charge in [0.2, 0.25) is 0 Å². The second-order valence-electron chi connectivity index (χ2n) is 7.78. The minimum Gasteiger partial charge on any atom is -0.406 e. The number of hydrogen-bond donors (Lipinski definition) is 0. The van der Waals surface area contributed by atoms with Crippen molar-refractivity contribution < 1.29 is 17.9 Å². The lowest BCUT2D eigenvalue weighted by atomic mass is 9.77. The number of nitrogens with zero attached hydrogens (tertiary/aromatic N) is 2. The molecule has 6 heteroatoms. The van der Waals surface area contributed by atoms with Gasteiger partial charge in [-0.1, -0.05) is 44.0 Å². The molecule has 1 fully saturated rings. The second-order valence-corrected chi connectivity index (χ2v) is 7.78. The summed E-state index contributed by atoms with van der Waals surface area (Å²) < 4.78 is 40.3. The van der Waals surface area contributed by atoms with E-state index >= 15 is 0 Å². The molecule has 0 bridgehead atoms. The van der Waals surface area contributed by atoms with Crippen molar-refractivity contribution >= 4 is 12.4 Å². The van der Waals surface area contributed by atoms with Gasteiger partial charge in [0.05, 0.1) is 12.4 Å². The van der Waals surface area contributed by atoms with Gasteiger partial charge in [-0.3, -0.25) is 0 Å². The van der Waals surface area contributed by atoms with E-state index in [0.717, 1.165) is 11.5 Å². The molecule has 0 amide bonds. The zero-order valence-electron chi connectivity index (χ0n) is 17.1. The molecular formula is C24H27F3N2O. The van der Waals surface area contributed by atoms with Crippen LogP contribution < -0.4 is 4.74 Å². The monoisotopic (exact) mass is 416 g/mol. The Hall–Kier alpha value is -2.63. The SMILES string of the molecule is CCC[C@H]1CC[C@H](c2ccc(C=NN=Cc3ccc(OC(F)(F)F)cc3)cc2)CC1. The lowest BCUT2D eigenvalue weighted by molar-refractivity contribution is -0.274. The zero-order chi connectivity index (χ0) is 21.4. The minimum atomic E-state index is -4.69. The Morgan fingerprint density at radius 3 is 1.90 bits per heavy atom. The summed E-state index contributed by atoms with van der Waals surface area (Å²) in [5.41, 5.74) is 2.99. The van der Waals surface area contributed by atoms with Crippen LogP contribution in [0, 0.1) is 5.92 Å². The van der Waals surface area contributed by atoms with Crippen molar-refractivity contribution in [1.29, 1.82) is 0 Å². The van der Waals surface area contributed by atoms with E-state index in [-0.39, 0.29) is 5.75 Å². The average Bonchev–Trinajstić information content (AvgIpc) is 2.73. The highest BCUT2D eigenvalue weighted by Crippen LogP contribution is 2.37. The predicted molar refractivity (Wildman–Crippen MR) is 114 cm³/mol. The van der Waals surface area contributed by atoms with Crippen molar-refractivity contribution in [2.24, 2.45) is 16.1 Å². The van der Waals surface area contributed by atoms with Gasteiger partial charge in [-0.05, 0) is 78.5 Å². The maximum absolute atomic E-state index is 12.2. The molecule has 2 aromatic carbocycles. The van der Waals surface area contributed by atoms with Crippen molar-refractivity contribution in [3.05, 3.63) is 65.2 Å². The fraction of sp³-hybridized carbons (Fsp3) is 0.417. The number of ether oxygens (including phenoxy) is 1. The first-order chi connectivity index (χ1) is 14.4. The maximum atomic E-state index is 12.2. The van der Waals surface area contributed by atoms with Crippen LogP contribution in [-0.2, 0) is 0 Å². The van der Waals surface area contributed by atoms with Gasteiger partial charge in [-0.2, -0.15) is 10.2 Å². The van der Waals surface area contributed by atoms with E-state index in [1.807, 2.05) is 0 Å². The topological polar surface area (TPSA) is 34.0 Å². The Balaban J connectivity index is 1.49. The summed E-state index contributed by atoms with van der Waals surface area (Å²) in [4.78, 5) is 0. The predicted octanol–water partition coefficient (Wildman–Crippen LogP) is 7.11. The van der Waals surface area contributed by atoms with Gasteiger partial charge < -0.3 is 4.74 Å². The van der Waals surface area contributed by atoms with Crippen molar-refractivity contribution in [1.82, 2.24) is 0 Å². The van der Waals surface area contributed by atoms with E-state index in [4.69, 9.17) is 0 Å². The van der Waals surface area contributed by atoms with Gasteiger partial charge in [-0.25, -0.2) is 0 Å². The minimum absolute atomic E-state index is 0.262. The summed E-state index contributed by atoms with van der Waals surface area (Å²) in [7, 11) is 0. The molecule has 0 unspecified atom stereocenters. The molecule has 3 nitrogen and oxygen atoms in total. The molecule has 3 rings (SSSR count). The van der Waals surface area contributed by atoms with E-state index in [1.54, 1.807) is 6.21 Å². The summed E-state index contributed by atoms with van der Waals surface area (Å²) in [6.45, 7) is 2.26. The second kappa shape index (κ2) is 10.4. The summed E-state index contributed by atoms with van der Waals surface area (Å²) in [6.07, 6.45) is 6.31. The van der Waals surface area contributed by atoms with Crippen LogP contribution in [0.15, 0.2) is 58.7 Å². The molecule has 0 aliphatic heterocycles. The highest BCUT2D eigenvalue weighted by Gasteiger charge is 2.30. The van der Waals surface area contributed by atoms with Crippen LogP contribution >= 0.6 is 0 Å². The quantitative estimate of drug-likeness (QED) is 0.350. The third-order valence-corrected chi connectivity index (χ3v) is 5.55. The molecule has 0 radical (unpaired) electrons. The number of benzene rings is 2. The molecule has 2 aromatic rings. The summed E-state index contributed by atoms with van der Waals surface area (Å²) in [5, 5.41) is 7.99. The van der Waals surface area contributed by atoms with Crippen molar-refractivity contribution in [2.45, 2.75) is 57.7 Å². The van der Waals surface area contributed by atoms with E-state index < -0.39 is 6.36 Å². The van der Waals surface area contributed by atoms with Gasteiger partial charge in [-0.15, -0.1) is 13.2 Å². The molecule has 0 atom stereocenters. The fourth-order valence-corrected chi connectivity index (χ4v) is 4.00. The Morgan fingerprint density at radius 2 is 1.40 bits per heavy atom. The van der Waals surface area contributed by atoms with Crippen molar-refractivity contribution in [2.75, 3.05) is 0 Å². The molecule has 0 N–H and O–H groups in total. The van der Waals surface area contributed by atoms with E-state index in [2.05, 4.69) is 46.1 Å². The number of rotatable bonds is 7. The molecule has 1 aliphatic carbocycles. The zero-order valence-corrected chi connectivity index (χ0v) is 17.1. The van der Waals surface area contributed by atoms with E-state index in [9.17, 15) is 13.2 Å². The molecule has 160 valence electrons. The van der Waals surface area contributed by atoms with E-state index in [1.165, 1.54) is 74.6 Å². The molecule has 1 saturated carbocycles. The van der Waals surface area contributed by atoms with Gasteiger partial charge in [0.25, 0.3) is 0 Å². The highest BCUT2D eigenvalue weighted by molar-refractivity contribution is 5.82. The van der Waals surface area contributed by atoms with Crippen molar-refractivity contribution in [3.8, 4) is 5.75 Å². The Morgan fingerprint density at radius 1 is 0.867 bits per heavy atom. The van der Waals surface area contributed by atoms with Crippen LogP contribution in [0.5, 0.6) is 5.75 Å². The smallest absolute Gasteiger partial charge is 0.406 e. The van der Waals surface area contributed by atoms with Crippen molar-refractivity contribution in [3.63, 3.8) is 0 Å². The summed E-state index contributed by atoms with van der Waals surface area (Å²) in [6, 6.07) is 13.9. The Kier molecular flexibility index (Phi) is 7.66. The van der Waals surface area contributed by atoms with Gasteiger partial charge >= 0.3 is 6.36 Å². The number of alkyl halides is 3. The van der Waals surface area contributed by atoms with Gasteiger partial charge in [0.1, 0.15) is 5.75 Å². The van der Waals surface area contributed by atoms with Crippen LogP contribution in [0.2, 0.25) is 0 Å². The van der Waals surface area contributed by atoms with Crippen LogP contribution in [-0.4, -0.2) is 18.8 Å². The molecule has 0 aromatic heterocycles. The standard InChI is InChI=1S/C24H27F3N2O/c1-2-3-18-4-10-21(11-5-18)22-12-6-19(7-13-22)16-28-29-17-20-8-14-23(15-9-20)30-24(25,26)27/h6-9,12-18,21H,2-5,10-11H2,1H3/t18-,21-. The molecule has 0 saturated heterocycles. The first kappa shape index (κ1) is 22.1. The van der Waals surface area contributed by atoms with Crippen LogP contribution in [0.25, 0.3) is 0 Å². The summed E-state index contributed by atoms with van der Waals surface area (Å²) in [5.74, 6) is 1.30. The largest absolute Gasteiger partial charge is 0.573 e. The van der Waals surface area contributed by atoms with E-state index in [0.29, 0.717) is 11.5 Å². The third kappa shape index (κ3) is 7.01.